The minimum Gasteiger partial charge on any atom is -0.392 e. The topological polar surface area (TPSA) is 66.4 Å². The van der Waals surface area contributed by atoms with Crippen molar-refractivity contribution in [2.45, 2.75) is 16.4 Å². The highest BCUT2D eigenvalue weighted by atomic mass is 79.9. The number of anilines is 1. The van der Waals surface area contributed by atoms with E-state index in [9.17, 15) is 8.42 Å². The fourth-order valence-corrected chi connectivity index (χ4v) is 4.61. The number of para-hydroxylation sites is 1. The molecule has 0 bridgehead atoms. The first-order valence-electron chi connectivity index (χ1n) is 6.03. The molecule has 0 aliphatic heterocycles. The zero-order valence-corrected chi connectivity index (χ0v) is 14.4. The van der Waals surface area contributed by atoms with Gasteiger partial charge in [-0.2, -0.15) is 0 Å². The van der Waals surface area contributed by atoms with Crippen LogP contribution in [0.15, 0.2) is 56.7 Å². The molecule has 0 amide bonds. The molecule has 0 saturated carbocycles. The molecular formula is C14H14BrNO3S2. The van der Waals surface area contributed by atoms with Gasteiger partial charge in [-0.3, -0.25) is 4.72 Å². The highest BCUT2D eigenvalue weighted by Gasteiger charge is 2.19. The molecule has 0 aliphatic rings. The van der Waals surface area contributed by atoms with Gasteiger partial charge in [0.25, 0.3) is 10.0 Å². The molecule has 0 unspecified atom stereocenters. The number of sulfonamides is 1. The molecule has 0 heterocycles. The van der Waals surface area contributed by atoms with Gasteiger partial charge in [-0.15, -0.1) is 11.8 Å². The lowest BCUT2D eigenvalue weighted by Crippen LogP contribution is -2.14. The third kappa shape index (κ3) is 3.79. The maximum absolute atomic E-state index is 12.5. The molecular weight excluding hydrogens is 374 g/mol. The zero-order valence-electron chi connectivity index (χ0n) is 11.2. The number of halogens is 1. The van der Waals surface area contributed by atoms with Crippen LogP contribution in [0.2, 0.25) is 0 Å². The monoisotopic (exact) mass is 387 g/mol. The minimum absolute atomic E-state index is 0.135. The van der Waals surface area contributed by atoms with Crippen molar-refractivity contribution in [1.82, 2.24) is 0 Å². The van der Waals surface area contributed by atoms with Gasteiger partial charge >= 0.3 is 0 Å². The van der Waals surface area contributed by atoms with E-state index in [1.807, 2.05) is 18.4 Å². The van der Waals surface area contributed by atoms with E-state index in [0.717, 1.165) is 4.90 Å². The van der Waals surface area contributed by atoms with Gasteiger partial charge in [0.2, 0.25) is 0 Å². The molecule has 0 aliphatic carbocycles. The molecule has 112 valence electrons. The van der Waals surface area contributed by atoms with Gasteiger partial charge in [0.15, 0.2) is 0 Å². The lowest BCUT2D eigenvalue weighted by atomic mass is 10.2. The van der Waals surface area contributed by atoms with Gasteiger partial charge in [-0.25, -0.2) is 8.42 Å². The van der Waals surface area contributed by atoms with Crippen LogP contribution >= 0.6 is 27.7 Å². The maximum atomic E-state index is 12.5. The molecule has 2 N–H and O–H groups in total. The average molecular weight is 388 g/mol. The third-order valence-corrected chi connectivity index (χ3v) is 5.96. The fourth-order valence-electron chi connectivity index (χ4n) is 1.79. The Morgan fingerprint density at radius 1 is 1.24 bits per heavy atom. The van der Waals surface area contributed by atoms with Gasteiger partial charge in [-0.1, -0.05) is 18.2 Å². The first kappa shape index (κ1) is 16.4. The molecule has 0 atom stereocenters. The number of hydrogen-bond donors (Lipinski definition) is 2. The summed E-state index contributed by atoms with van der Waals surface area (Å²) in [5, 5.41) is 9.07. The Kier molecular flexibility index (Phi) is 5.32. The summed E-state index contributed by atoms with van der Waals surface area (Å²) in [6.45, 7) is -0.137. The zero-order chi connectivity index (χ0) is 15.5. The van der Waals surface area contributed by atoms with Crippen LogP contribution in [0, 0.1) is 0 Å². The van der Waals surface area contributed by atoms with Crippen LogP contribution in [0.4, 0.5) is 5.69 Å². The molecule has 2 rings (SSSR count). The molecule has 21 heavy (non-hydrogen) atoms. The van der Waals surface area contributed by atoms with E-state index in [0.29, 0.717) is 15.7 Å². The summed E-state index contributed by atoms with van der Waals surface area (Å²) in [6.07, 6.45) is 1.89. The molecule has 0 saturated heterocycles. The fraction of sp³-hybridized carbons (Fsp3) is 0.143. The lowest BCUT2D eigenvalue weighted by Gasteiger charge is -2.12. The number of benzene rings is 2. The standard InChI is InChI=1S/C14H14BrNO3S2/c1-20-13-5-3-2-4-12(13)16-21(18,19)14-7-6-10(9-17)8-11(14)15/h2-8,16-17H,9H2,1H3. The van der Waals surface area contributed by atoms with Gasteiger partial charge < -0.3 is 5.11 Å². The van der Waals surface area contributed by atoms with Crippen molar-refractivity contribution in [3.63, 3.8) is 0 Å². The van der Waals surface area contributed by atoms with Crippen molar-refractivity contribution >= 4 is 43.4 Å². The Balaban J connectivity index is 2.39. The Morgan fingerprint density at radius 2 is 1.95 bits per heavy atom. The first-order valence-corrected chi connectivity index (χ1v) is 9.53. The number of hydrogen-bond acceptors (Lipinski definition) is 4. The van der Waals surface area contributed by atoms with Gasteiger partial charge in [0.05, 0.1) is 12.3 Å². The van der Waals surface area contributed by atoms with Crippen LogP contribution in [0.5, 0.6) is 0 Å². The van der Waals surface area contributed by atoms with Crippen LogP contribution in [0.25, 0.3) is 0 Å². The third-order valence-electron chi connectivity index (χ3n) is 2.82. The van der Waals surface area contributed by atoms with Crippen molar-refractivity contribution in [2.24, 2.45) is 0 Å². The number of rotatable bonds is 5. The second-order valence-corrected chi connectivity index (χ2v) is 7.58. The Morgan fingerprint density at radius 3 is 2.57 bits per heavy atom. The summed E-state index contributed by atoms with van der Waals surface area (Å²) in [6, 6.07) is 11.9. The van der Waals surface area contributed by atoms with Crippen LogP contribution in [-0.2, 0) is 16.6 Å². The quantitative estimate of drug-likeness (QED) is 0.770. The average Bonchev–Trinajstić information content (AvgIpc) is 2.47. The van der Waals surface area contributed by atoms with Crippen LogP contribution in [0.3, 0.4) is 0 Å². The van der Waals surface area contributed by atoms with E-state index in [-0.39, 0.29) is 11.5 Å². The van der Waals surface area contributed by atoms with E-state index < -0.39 is 10.0 Å². The maximum Gasteiger partial charge on any atom is 0.263 e. The summed E-state index contributed by atoms with van der Waals surface area (Å²) < 4.78 is 28.0. The summed E-state index contributed by atoms with van der Waals surface area (Å²) in [7, 11) is -3.69. The normalized spacial score (nSPS) is 11.4. The van der Waals surface area contributed by atoms with Crippen LogP contribution < -0.4 is 4.72 Å². The van der Waals surface area contributed by atoms with E-state index in [1.165, 1.54) is 17.8 Å². The van der Waals surface area contributed by atoms with Gasteiger partial charge in [0.1, 0.15) is 4.90 Å². The van der Waals surface area contributed by atoms with E-state index >= 15 is 0 Å². The minimum atomic E-state index is -3.69. The molecule has 4 nitrogen and oxygen atoms in total. The predicted molar refractivity (Wildman–Crippen MR) is 89.1 cm³/mol. The van der Waals surface area contributed by atoms with Crippen molar-refractivity contribution in [2.75, 3.05) is 11.0 Å². The summed E-state index contributed by atoms with van der Waals surface area (Å²) in [5.74, 6) is 0. The number of aliphatic hydroxyl groups excluding tert-OH is 1. The highest BCUT2D eigenvalue weighted by Crippen LogP contribution is 2.29. The molecule has 0 spiro atoms. The molecule has 0 fully saturated rings. The largest absolute Gasteiger partial charge is 0.392 e. The van der Waals surface area contributed by atoms with E-state index in [1.54, 1.807) is 24.3 Å². The van der Waals surface area contributed by atoms with Crippen molar-refractivity contribution in [3.8, 4) is 0 Å². The van der Waals surface area contributed by atoms with E-state index in [4.69, 9.17) is 5.11 Å². The lowest BCUT2D eigenvalue weighted by molar-refractivity contribution is 0.281. The first-order chi connectivity index (χ1) is 9.97. The summed E-state index contributed by atoms with van der Waals surface area (Å²) in [4.78, 5) is 0.986. The molecule has 2 aromatic carbocycles. The Labute approximate surface area is 136 Å². The number of thioether (sulfide) groups is 1. The van der Waals surface area contributed by atoms with Crippen LogP contribution in [-0.4, -0.2) is 19.8 Å². The second-order valence-electron chi connectivity index (χ2n) is 4.23. The summed E-state index contributed by atoms with van der Waals surface area (Å²) in [5.41, 5.74) is 1.19. The Bertz CT molecular complexity index is 748. The van der Waals surface area contributed by atoms with Crippen molar-refractivity contribution in [3.05, 3.63) is 52.5 Å². The van der Waals surface area contributed by atoms with Gasteiger partial charge in [-0.05, 0) is 52.0 Å². The second kappa shape index (κ2) is 6.83. The van der Waals surface area contributed by atoms with Gasteiger partial charge in [0, 0.05) is 9.37 Å². The smallest absolute Gasteiger partial charge is 0.263 e. The molecule has 7 heteroatoms. The predicted octanol–water partition coefficient (Wildman–Crippen LogP) is 3.46. The van der Waals surface area contributed by atoms with Crippen molar-refractivity contribution < 1.29 is 13.5 Å². The van der Waals surface area contributed by atoms with Crippen LogP contribution in [0.1, 0.15) is 5.56 Å². The van der Waals surface area contributed by atoms with E-state index in [2.05, 4.69) is 20.7 Å². The number of aliphatic hydroxyl groups is 1. The SMILES string of the molecule is CSc1ccccc1NS(=O)(=O)c1ccc(CO)cc1Br. The number of nitrogens with one attached hydrogen (secondary N) is 1. The van der Waals surface area contributed by atoms with Crippen molar-refractivity contribution in [1.29, 1.82) is 0 Å². The highest BCUT2D eigenvalue weighted by molar-refractivity contribution is 9.10. The molecule has 2 aromatic rings. The molecule has 0 radical (unpaired) electrons. The molecule has 0 aromatic heterocycles. The Hall–Kier alpha value is -1.02. The summed E-state index contributed by atoms with van der Waals surface area (Å²) >= 11 is 4.71.